The second-order valence-corrected chi connectivity index (χ2v) is 5.33. The number of carbonyl (C=O) groups excluding carboxylic acids is 1. The molecule has 0 atom stereocenters. The van der Waals surface area contributed by atoms with Gasteiger partial charge in [-0.05, 0) is 55.0 Å². The summed E-state index contributed by atoms with van der Waals surface area (Å²) in [7, 11) is 0. The van der Waals surface area contributed by atoms with Gasteiger partial charge in [0.1, 0.15) is 11.6 Å². The summed E-state index contributed by atoms with van der Waals surface area (Å²) in [5, 5.41) is 4.31. The van der Waals surface area contributed by atoms with E-state index in [0.29, 0.717) is 11.8 Å². The fourth-order valence-corrected chi connectivity index (χ4v) is 2.36. The molecule has 1 heterocycles. The number of nitrogens with zero attached hydrogens (tertiary/aromatic N) is 2. The molecule has 3 aromatic rings. The Balaban J connectivity index is 1.94. The number of allylic oxidation sites excluding steroid dienone is 1. The number of rotatable bonds is 4. The normalized spacial score (nSPS) is 11.5. The van der Waals surface area contributed by atoms with E-state index in [1.807, 2.05) is 31.3 Å². The van der Waals surface area contributed by atoms with Crippen molar-refractivity contribution in [1.29, 1.82) is 0 Å². The highest BCUT2D eigenvalue weighted by Gasteiger charge is 2.09. The number of aromatic nitrogens is 2. The summed E-state index contributed by atoms with van der Waals surface area (Å²) in [6, 6.07) is 12.2. The van der Waals surface area contributed by atoms with Gasteiger partial charge in [0, 0.05) is 17.3 Å². The lowest BCUT2D eigenvalue weighted by atomic mass is 10.0. The molecule has 5 heteroatoms. The molecule has 0 N–H and O–H groups in total. The summed E-state index contributed by atoms with van der Waals surface area (Å²) in [5.41, 5.74) is 2.49. The molecule has 0 saturated carbocycles. The van der Waals surface area contributed by atoms with Gasteiger partial charge in [0.25, 0.3) is 0 Å². The van der Waals surface area contributed by atoms with Gasteiger partial charge >= 0.3 is 0 Å². The maximum absolute atomic E-state index is 13.8. The van der Waals surface area contributed by atoms with Crippen LogP contribution in [0, 0.1) is 18.6 Å². The van der Waals surface area contributed by atoms with Crippen molar-refractivity contribution in [2.45, 2.75) is 6.92 Å². The molecule has 0 bridgehead atoms. The van der Waals surface area contributed by atoms with Gasteiger partial charge in [-0.1, -0.05) is 12.1 Å². The molecule has 120 valence electrons. The first kappa shape index (κ1) is 15.8. The van der Waals surface area contributed by atoms with E-state index in [1.54, 1.807) is 16.8 Å². The molecule has 3 rings (SSSR count). The molecule has 0 unspecified atom stereocenters. The lowest BCUT2D eigenvalue weighted by Gasteiger charge is -2.05. The average molecular weight is 324 g/mol. The Morgan fingerprint density at radius 2 is 1.83 bits per heavy atom. The number of aryl methyl sites for hydroxylation is 1. The maximum atomic E-state index is 13.8. The van der Waals surface area contributed by atoms with Crippen LogP contribution in [-0.2, 0) is 4.79 Å². The highest BCUT2D eigenvalue weighted by Crippen LogP contribution is 2.21. The van der Waals surface area contributed by atoms with E-state index in [2.05, 4.69) is 5.10 Å². The summed E-state index contributed by atoms with van der Waals surface area (Å²) in [6.45, 7) is 1.90. The molecule has 0 aliphatic rings. The van der Waals surface area contributed by atoms with Crippen LogP contribution in [0.3, 0.4) is 0 Å². The van der Waals surface area contributed by atoms with Crippen LogP contribution in [-0.4, -0.2) is 16.1 Å². The molecule has 0 aliphatic heterocycles. The van der Waals surface area contributed by atoms with E-state index in [4.69, 9.17) is 0 Å². The highest BCUT2D eigenvalue weighted by atomic mass is 19.1. The van der Waals surface area contributed by atoms with Gasteiger partial charge in [0.15, 0.2) is 6.29 Å². The van der Waals surface area contributed by atoms with Crippen molar-refractivity contribution in [2.75, 3.05) is 0 Å². The molecule has 0 aliphatic carbocycles. The van der Waals surface area contributed by atoms with Crippen LogP contribution >= 0.6 is 0 Å². The zero-order valence-electron chi connectivity index (χ0n) is 12.9. The lowest BCUT2D eigenvalue weighted by molar-refractivity contribution is -0.103. The molecule has 3 nitrogen and oxygen atoms in total. The lowest BCUT2D eigenvalue weighted by Crippen LogP contribution is -1.95. The van der Waals surface area contributed by atoms with E-state index in [9.17, 15) is 13.6 Å². The zero-order chi connectivity index (χ0) is 17.1. The molecule has 1 aromatic heterocycles. The number of hydrogen-bond acceptors (Lipinski definition) is 2. The summed E-state index contributed by atoms with van der Waals surface area (Å²) < 4.78 is 28.9. The van der Waals surface area contributed by atoms with Crippen LogP contribution in [0.4, 0.5) is 8.78 Å². The van der Waals surface area contributed by atoms with Gasteiger partial charge in [-0.15, -0.1) is 0 Å². The Bertz CT molecular complexity index is 911. The Morgan fingerprint density at radius 3 is 2.46 bits per heavy atom. The average Bonchev–Trinajstić information content (AvgIpc) is 3.02. The number of halogens is 2. The molecule has 24 heavy (non-hydrogen) atoms. The van der Waals surface area contributed by atoms with Gasteiger partial charge in [0.05, 0.1) is 11.4 Å². The van der Waals surface area contributed by atoms with Crippen molar-refractivity contribution in [1.82, 2.24) is 9.78 Å². The predicted octanol–water partition coefficient (Wildman–Crippen LogP) is 4.20. The van der Waals surface area contributed by atoms with E-state index in [-0.39, 0.29) is 11.1 Å². The Labute approximate surface area is 137 Å². The van der Waals surface area contributed by atoms with Crippen LogP contribution in [0.2, 0.25) is 0 Å². The second kappa shape index (κ2) is 6.58. The van der Waals surface area contributed by atoms with Crippen LogP contribution < -0.4 is 0 Å². The van der Waals surface area contributed by atoms with E-state index < -0.39 is 11.6 Å². The van der Waals surface area contributed by atoms with Crippen molar-refractivity contribution in [3.63, 3.8) is 0 Å². The molecule has 2 aromatic carbocycles. The van der Waals surface area contributed by atoms with Crippen molar-refractivity contribution >= 4 is 17.9 Å². The number of hydrogen-bond donors (Lipinski definition) is 0. The van der Waals surface area contributed by atoms with Crippen molar-refractivity contribution in [2.24, 2.45) is 0 Å². The van der Waals surface area contributed by atoms with Gasteiger partial charge in [-0.25, -0.2) is 13.5 Å². The molecule has 0 fully saturated rings. The molecule has 0 saturated heterocycles. The Hall–Kier alpha value is -3.08. The van der Waals surface area contributed by atoms with Crippen molar-refractivity contribution in [3.8, 4) is 5.69 Å². The zero-order valence-corrected chi connectivity index (χ0v) is 12.9. The van der Waals surface area contributed by atoms with Crippen LogP contribution in [0.5, 0.6) is 0 Å². The van der Waals surface area contributed by atoms with Crippen molar-refractivity contribution < 1.29 is 13.6 Å². The summed E-state index contributed by atoms with van der Waals surface area (Å²) in [4.78, 5) is 11.3. The second-order valence-electron chi connectivity index (χ2n) is 5.33. The quantitative estimate of drug-likeness (QED) is 0.409. The highest BCUT2D eigenvalue weighted by molar-refractivity contribution is 6.13. The van der Waals surface area contributed by atoms with Gasteiger partial charge in [0.2, 0.25) is 0 Å². The molecule has 0 spiro atoms. The third-order valence-corrected chi connectivity index (χ3v) is 3.57. The fraction of sp³-hybridized carbons (Fsp3) is 0.0526. The van der Waals surface area contributed by atoms with E-state index >= 15 is 0 Å². The summed E-state index contributed by atoms with van der Waals surface area (Å²) in [6.07, 6.45) is 3.88. The van der Waals surface area contributed by atoms with Gasteiger partial charge < -0.3 is 0 Å². The topological polar surface area (TPSA) is 34.9 Å². The summed E-state index contributed by atoms with van der Waals surface area (Å²) in [5.74, 6) is -1.23. The maximum Gasteiger partial charge on any atom is 0.150 e. The van der Waals surface area contributed by atoms with Gasteiger partial charge in [-0.2, -0.15) is 5.10 Å². The number of carbonyl (C=O) groups is 1. The number of aldehydes is 1. The minimum atomic E-state index is -0.640. The van der Waals surface area contributed by atoms with Crippen LogP contribution in [0.1, 0.15) is 16.8 Å². The number of benzene rings is 2. The van der Waals surface area contributed by atoms with Crippen molar-refractivity contribution in [3.05, 3.63) is 83.2 Å². The van der Waals surface area contributed by atoms with Gasteiger partial charge in [-0.3, -0.25) is 4.79 Å². The smallest absolute Gasteiger partial charge is 0.150 e. The minimum absolute atomic E-state index is 0.0585. The first-order valence-corrected chi connectivity index (χ1v) is 7.32. The van der Waals surface area contributed by atoms with E-state index in [0.717, 1.165) is 29.6 Å². The molecule has 0 radical (unpaired) electrons. The fourth-order valence-electron chi connectivity index (χ4n) is 2.36. The third-order valence-electron chi connectivity index (χ3n) is 3.57. The SMILES string of the molecule is Cc1ccn(-c2ccc(C=C(C=O)c3cc(F)ccc3F)cc2)n1. The monoisotopic (exact) mass is 324 g/mol. The Morgan fingerprint density at radius 1 is 1.08 bits per heavy atom. The summed E-state index contributed by atoms with van der Waals surface area (Å²) >= 11 is 0. The standard InChI is InChI=1S/C19H14F2N2O/c1-13-8-9-23(22-13)17-5-2-14(3-6-17)10-15(12-24)18-11-16(20)4-7-19(18)21/h2-12H,1H3. The predicted molar refractivity (Wildman–Crippen MR) is 88.6 cm³/mol. The Kier molecular flexibility index (Phi) is 4.33. The first-order chi connectivity index (χ1) is 11.6. The van der Waals surface area contributed by atoms with Crippen LogP contribution in [0.15, 0.2) is 54.7 Å². The third kappa shape index (κ3) is 3.30. The largest absolute Gasteiger partial charge is 0.298 e. The van der Waals surface area contributed by atoms with E-state index in [1.165, 1.54) is 6.08 Å². The minimum Gasteiger partial charge on any atom is -0.298 e. The first-order valence-electron chi connectivity index (χ1n) is 7.32. The molecule has 0 amide bonds. The van der Waals surface area contributed by atoms with Crippen LogP contribution in [0.25, 0.3) is 17.3 Å². The molecular weight excluding hydrogens is 310 g/mol. The molecular formula is C19H14F2N2O.